The summed E-state index contributed by atoms with van der Waals surface area (Å²) in [5.74, 6) is 1.47. The monoisotopic (exact) mass is 388 g/mol. The van der Waals surface area contributed by atoms with Crippen molar-refractivity contribution in [3.05, 3.63) is 60.9 Å². The highest BCUT2D eigenvalue weighted by Gasteiger charge is 2.21. The van der Waals surface area contributed by atoms with Crippen LogP contribution in [0.3, 0.4) is 0 Å². The van der Waals surface area contributed by atoms with Gasteiger partial charge in [-0.3, -0.25) is 0 Å². The Hall–Kier alpha value is -3.38. The summed E-state index contributed by atoms with van der Waals surface area (Å²) in [6, 6.07) is 17.7. The fraction of sp³-hybridized carbons (Fsp3) is 0.217. The number of aromatic nitrogens is 2. The fourth-order valence-corrected chi connectivity index (χ4v) is 3.40. The van der Waals surface area contributed by atoms with Crippen molar-refractivity contribution in [2.75, 3.05) is 31.3 Å². The predicted octanol–water partition coefficient (Wildman–Crippen LogP) is 4.98. The molecule has 1 fully saturated rings. The number of nitrogens with two attached hydrogens (primary N) is 1. The van der Waals surface area contributed by atoms with Gasteiger partial charge in [-0.2, -0.15) is 0 Å². The quantitative estimate of drug-likeness (QED) is 0.482. The molecule has 148 valence electrons. The van der Waals surface area contributed by atoms with E-state index in [1.807, 2.05) is 61.6 Å². The summed E-state index contributed by atoms with van der Waals surface area (Å²) in [4.78, 5) is 8.62. The van der Waals surface area contributed by atoms with Crippen molar-refractivity contribution in [2.45, 2.75) is 12.8 Å². The Morgan fingerprint density at radius 3 is 2.34 bits per heavy atom. The Balaban J connectivity index is 0.000000359. The first-order chi connectivity index (χ1) is 14.3. The maximum atomic E-state index is 6.09. The molecule has 3 N–H and O–H groups in total. The van der Waals surface area contributed by atoms with Crippen LogP contribution in [-0.4, -0.2) is 30.2 Å². The van der Waals surface area contributed by atoms with Crippen molar-refractivity contribution < 1.29 is 9.15 Å². The predicted molar refractivity (Wildman–Crippen MR) is 117 cm³/mol. The van der Waals surface area contributed by atoms with Gasteiger partial charge in [0, 0.05) is 37.1 Å². The van der Waals surface area contributed by atoms with E-state index < -0.39 is 0 Å². The molecule has 0 atom stereocenters. The molecular formula is C23H24N4O2. The molecule has 1 aliphatic rings. The number of nitrogens with one attached hydrogen (secondary N) is 1. The zero-order valence-electron chi connectivity index (χ0n) is 16.4. The molecule has 3 heterocycles. The highest BCUT2D eigenvalue weighted by Crippen LogP contribution is 2.42. The van der Waals surface area contributed by atoms with Gasteiger partial charge >= 0.3 is 0 Å². The normalized spacial score (nSPS) is 13.1. The van der Waals surface area contributed by atoms with Crippen LogP contribution in [0.15, 0.2) is 65.3 Å². The molecule has 5 rings (SSSR count). The maximum Gasteiger partial charge on any atom is 0.232 e. The number of hydrogen-bond acceptors (Lipinski definition) is 6. The Morgan fingerprint density at radius 2 is 1.69 bits per heavy atom. The van der Waals surface area contributed by atoms with Crippen LogP contribution in [-0.2, 0) is 4.74 Å². The van der Waals surface area contributed by atoms with Gasteiger partial charge in [-0.15, -0.1) is 0 Å². The molecule has 4 aromatic rings. The third kappa shape index (κ3) is 4.07. The second-order valence-electron chi connectivity index (χ2n) is 6.77. The van der Waals surface area contributed by atoms with Crippen molar-refractivity contribution in [3.63, 3.8) is 0 Å². The highest BCUT2D eigenvalue weighted by molar-refractivity contribution is 6.05. The van der Waals surface area contributed by atoms with Crippen LogP contribution in [0, 0.1) is 0 Å². The van der Waals surface area contributed by atoms with Gasteiger partial charge in [0.05, 0.1) is 5.39 Å². The Morgan fingerprint density at radius 1 is 0.931 bits per heavy atom. The topological polar surface area (TPSA) is 86.2 Å². The largest absolute Gasteiger partial charge is 0.437 e. The van der Waals surface area contributed by atoms with Gasteiger partial charge in [0.15, 0.2) is 0 Å². The highest BCUT2D eigenvalue weighted by atomic mass is 16.5. The molecule has 0 spiro atoms. The summed E-state index contributed by atoms with van der Waals surface area (Å²) >= 11 is 0. The van der Waals surface area contributed by atoms with Crippen LogP contribution in [0.4, 0.5) is 11.5 Å². The zero-order chi connectivity index (χ0) is 20.1. The minimum atomic E-state index is 0.547. The third-order valence-electron chi connectivity index (χ3n) is 4.76. The first kappa shape index (κ1) is 19.0. The second kappa shape index (κ2) is 8.75. The Kier molecular flexibility index (Phi) is 5.72. The number of anilines is 2. The molecular weight excluding hydrogens is 364 g/mol. The van der Waals surface area contributed by atoms with E-state index in [0.717, 1.165) is 46.9 Å². The maximum absolute atomic E-state index is 6.09. The van der Waals surface area contributed by atoms with Gasteiger partial charge in [-0.25, -0.2) is 9.97 Å². The van der Waals surface area contributed by atoms with Crippen molar-refractivity contribution in [2.24, 2.45) is 0 Å². The number of nitrogens with zero attached hydrogens (tertiary/aromatic N) is 2. The smallest absolute Gasteiger partial charge is 0.232 e. The van der Waals surface area contributed by atoms with Crippen molar-refractivity contribution in [1.29, 1.82) is 0 Å². The molecule has 1 saturated heterocycles. The average Bonchev–Trinajstić information content (AvgIpc) is 3.46. The lowest BCUT2D eigenvalue weighted by molar-refractivity contribution is 0.198. The number of nitrogen functional groups attached to an aromatic ring is 1. The van der Waals surface area contributed by atoms with Gasteiger partial charge in [-0.1, -0.05) is 42.5 Å². The van der Waals surface area contributed by atoms with E-state index in [2.05, 4.69) is 15.3 Å². The number of furan rings is 1. The molecule has 6 heteroatoms. The fourth-order valence-electron chi connectivity index (χ4n) is 3.40. The molecule has 1 aliphatic heterocycles. The van der Waals surface area contributed by atoms with E-state index in [-0.39, 0.29) is 0 Å². The molecule has 0 saturated carbocycles. The van der Waals surface area contributed by atoms with Crippen LogP contribution >= 0.6 is 0 Å². The van der Waals surface area contributed by atoms with Crippen LogP contribution in [0.5, 0.6) is 0 Å². The third-order valence-corrected chi connectivity index (χ3v) is 4.76. The van der Waals surface area contributed by atoms with Gasteiger partial charge in [0.2, 0.25) is 5.71 Å². The number of fused-ring (bicyclic) bond motifs is 1. The molecule has 0 amide bonds. The minimum Gasteiger partial charge on any atom is -0.437 e. The van der Waals surface area contributed by atoms with E-state index in [0.29, 0.717) is 11.4 Å². The van der Waals surface area contributed by atoms with Crippen LogP contribution in [0.2, 0.25) is 0 Å². The summed E-state index contributed by atoms with van der Waals surface area (Å²) in [6.07, 6.45) is 4.05. The molecule has 0 unspecified atom stereocenters. The number of benzene rings is 2. The summed E-state index contributed by atoms with van der Waals surface area (Å²) in [7, 11) is 1.84. The van der Waals surface area contributed by atoms with Crippen LogP contribution in [0.25, 0.3) is 33.6 Å². The zero-order valence-corrected chi connectivity index (χ0v) is 16.4. The van der Waals surface area contributed by atoms with E-state index >= 15 is 0 Å². The molecule has 0 bridgehead atoms. The first-order valence-corrected chi connectivity index (χ1v) is 9.72. The lowest BCUT2D eigenvalue weighted by Crippen LogP contribution is -1.94. The van der Waals surface area contributed by atoms with Crippen LogP contribution < -0.4 is 11.1 Å². The lowest BCUT2D eigenvalue weighted by atomic mass is 9.99. The van der Waals surface area contributed by atoms with Gasteiger partial charge in [0.25, 0.3) is 0 Å². The summed E-state index contributed by atoms with van der Waals surface area (Å²) in [6.45, 7) is 2.00. The van der Waals surface area contributed by atoms with E-state index in [4.69, 9.17) is 14.9 Å². The Bertz CT molecular complexity index is 1080. The number of hydrogen-bond donors (Lipinski definition) is 2. The van der Waals surface area contributed by atoms with Crippen LogP contribution in [0.1, 0.15) is 12.8 Å². The van der Waals surface area contributed by atoms with Crippen molar-refractivity contribution in [3.8, 4) is 22.5 Å². The SMILES string of the molecule is C1CCOC1.CNc1ncnc2oc(-c3cccc(N)c3)c(-c3ccccc3)c12. The average molecular weight is 388 g/mol. The van der Waals surface area contributed by atoms with E-state index in [1.165, 1.54) is 19.2 Å². The molecule has 29 heavy (non-hydrogen) atoms. The molecule has 2 aromatic heterocycles. The molecule has 0 aliphatic carbocycles. The van der Waals surface area contributed by atoms with Gasteiger partial charge in [-0.05, 0) is 30.5 Å². The van der Waals surface area contributed by atoms with E-state index in [9.17, 15) is 0 Å². The van der Waals surface area contributed by atoms with Crippen molar-refractivity contribution in [1.82, 2.24) is 9.97 Å². The van der Waals surface area contributed by atoms with Gasteiger partial charge < -0.3 is 20.2 Å². The van der Waals surface area contributed by atoms with Crippen molar-refractivity contribution >= 4 is 22.6 Å². The summed E-state index contributed by atoms with van der Waals surface area (Å²) in [5, 5.41) is 3.98. The summed E-state index contributed by atoms with van der Waals surface area (Å²) in [5.41, 5.74) is 10.1. The lowest BCUT2D eigenvalue weighted by Gasteiger charge is -2.06. The number of ether oxygens (including phenoxy) is 1. The molecule has 2 aromatic carbocycles. The van der Waals surface area contributed by atoms with Gasteiger partial charge in [0.1, 0.15) is 17.9 Å². The summed E-state index contributed by atoms with van der Waals surface area (Å²) < 4.78 is 11.0. The second-order valence-corrected chi connectivity index (χ2v) is 6.77. The minimum absolute atomic E-state index is 0.547. The van der Waals surface area contributed by atoms with E-state index in [1.54, 1.807) is 0 Å². The standard InChI is InChI=1S/C19H16N4O.C4H8O/c1-21-18-16-15(12-6-3-2-4-7-12)17(24-19(16)23-11-22-18)13-8-5-9-14(20)10-13;1-2-4-5-3-1/h2-11H,20H2,1H3,(H,21,22,23);1-4H2. The number of rotatable bonds is 3. The molecule has 0 radical (unpaired) electrons. The Labute approximate surface area is 169 Å². The molecule has 6 nitrogen and oxygen atoms in total. The first-order valence-electron chi connectivity index (χ1n) is 9.72.